The van der Waals surface area contributed by atoms with Crippen LogP contribution in [0.25, 0.3) is 0 Å². The molecular formula is C20H26F3N3O5. The molecular weight excluding hydrogens is 419 g/mol. The summed E-state index contributed by atoms with van der Waals surface area (Å²) in [7, 11) is 0. The topological polar surface area (TPSA) is 92.2 Å². The van der Waals surface area contributed by atoms with Crippen molar-refractivity contribution in [2.75, 3.05) is 39.5 Å². The van der Waals surface area contributed by atoms with Gasteiger partial charge in [0, 0.05) is 32.3 Å². The van der Waals surface area contributed by atoms with Crippen LogP contribution in [-0.2, 0) is 25.7 Å². The summed E-state index contributed by atoms with van der Waals surface area (Å²) in [6.45, 7) is 5.84. The lowest BCUT2D eigenvalue weighted by Gasteiger charge is -2.33. The minimum atomic E-state index is -5.08. The number of amides is 1. The maximum Gasteiger partial charge on any atom is 0.490 e. The van der Waals surface area contributed by atoms with E-state index in [1.807, 2.05) is 18.3 Å². The van der Waals surface area contributed by atoms with Crippen LogP contribution in [0.1, 0.15) is 18.5 Å². The third-order valence-electron chi connectivity index (χ3n) is 5.66. The lowest BCUT2D eigenvalue weighted by molar-refractivity contribution is -0.192. The number of hydrogen-bond acceptors (Lipinski definition) is 6. The van der Waals surface area contributed by atoms with Crippen LogP contribution in [0.5, 0.6) is 0 Å². The summed E-state index contributed by atoms with van der Waals surface area (Å²) < 4.78 is 37.5. The first kappa shape index (κ1) is 23.4. The lowest BCUT2D eigenvalue weighted by atomic mass is 9.81. The molecule has 1 aromatic heterocycles. The van der Waals surface area contributed by atoms with Gasteiger partial charge in [-0.3, -0.25) is 19.5 Å². The molecule has 3 saturated heterocycles. The number of aliphatic carboxylic acids is 1. The Morgan fingerprint density at radius 1 is 1.23 bits per heavy atom. The van der Waals surface area contributed by atoms with Gasteiger partial charge in [0.15, 0.2) is 0 Å². The first-order valence-corrected chi connectivity index (χ1v) is 10.2. The monoisotopic (exact) mass is 445 g/mol. The second-order valence-electron chi connectivity index (χ2n) is 7.93. The number of pyridine rings is 1. The third kappa shape index (κ3) is 6.62. The third-order valence-corrected chi connectivity index (χ3v) is 5.66. The number of carboxylic acid groups (broad SMARTS) is 1. The SMILES string of the molecule is O=C(C[C@@H]1COC[C@H]2CN(Cc3ccccn3)C[C@@H]12)N1CCCO1.O=C(O)C(F)(F)F. The Kier molecular flexibility index (Phi) is 7.84. The Morgan fingerprint density at radius 3 is 2.61 bits per heavy atom. The summed E-state index contributed by atoms with van der Waals surface area (Å²) in [5.41, 5.74) is 1.11. The number of carbonyl (C=O) groups is 2. The van der Waals surface area contributed by atoms with Crippen molar-refractivity contribution < 1.29 is 37.4 Å². The quantitative estimate of drug-likeness (QED) is 0.758. The zero-order valence-corrected chi connectivity index (χ0v) is 17.0. The molecule has 0 aliphatic carbocycles. The molecule has 0 saturated carbocycles. The number of hydrogen-bond donors (Lipinski definition) is 1. The predicted molar refractivity (Wildman–Crippen MR) is 101 cm³/mol. The molecule has 3 aliphatic rings. The average Bonchev–Trinajstić information content (AvgIpc) is 3.39. The van der Waals surface area contributed by atoms with Gasteiger partial charge in [-0.25, -0.2) is 9.86 Å². The number of halogens is 3. The molecule has 3 fully saturated rings. The zero-order chi connectivity index (χ0) is 22.4. The standard InChI is InChI=1S/C18H25N3O3.C2HF3O2/c22-18(21-6-3-7-24-21)8-14-12-23-13-15-9-20(11-17(14)15)10-16-4-1-2-5-19-16;3-2(4,5)1(6)7/h1-2,4-5,14-15,17H,3,6-13H2;(H,6,7)/t14-,15-,17+;/m1./s1. The van der Waals surface area contributed by atoms with Crippen LogP contribution in [0.15, 0.2) is 24.4 Å². The van der Waals surface area contributed by atoms with Gasteiger partial charge in [0.05, 0.1) is 32.1 Å². The molecule has 0 bridgehead atoms. The average molecular weight is 445 g/mol. The Bertz CT molecular complexity index is 743. The van der Waals surface area contributed by atoms with Gasteiger partial charge >= 0.3 is 12.1 Å². The van der Waals surface area contributed by atoms with E-state index in [1.54, 1.807) is 5.06 Å². The van der Waals surface area contributed by atoms with Gasteiger partial charge < -0.3 is 9.84 Å². The van der Waals surface area contributed by atoms with Crippen molar-refractivity contribution >= 4 is 11.9 Å². The Balaban J connectivity index is 0.000000339. The molecule has 0 aromatic carbocycles. The highest BCUT2D eigenvalue weighted by atomic mass is 19.4. The van der Waals surface area contributed by atoms with E-state index in [0.717, 1.165) is 44.9 Å². The van der Waals surface area contributed by atoms with E-state index in [1.165, 1.54) is 0 Å². The fourth-order valence-electron chi connectivity index (χ4n) is 4.22. The molecule has 1 aromatic rings. The van der Waals surface area contributed by atoms with Crippen molar-refractivity contribution in [1.82, 2.24) is 14.9 Å². The van der Waals surface area contributed by atoms with E-state index < -0.39 is 12.1 Å². The second kappa shape index (κ2) is 10.4. The van der Waals surface area contributed by atoms with Crippen LogP contribution in [0.3, 0.4) is 0 Å². The van der Waals surface area contributed by atoms with Gasteiger partial charge in [-0.15, -0.1) is 0 Å². The summed E-state index contributed by atoms with van der Waals surface area (Å²) in [6.07, 6.45) is -1.76. The van der Waals surface area contributed by atoms with E-state index in [-0.39, 0.29) is 5.91 Å². The molecule has 3 atom stereocenters. The molecule has 1 amide bonds. The maximum atomic E-state index is 12.4. The normalized spacial score (nSPS) is 26.2. The number of likely N-dealkylation sites (tertiary alicyclic amines) is 1. The number of fused-ring (bicyclic) bond motifs is 1. The summed E-state index contributed by atoms with van der Waals surface area (Å²) >= 11 is 0. The van der Waals surface area contributed by atoms with Crippen LogP contribution in [0, 0.1) is 17.8 Å². The maximum absolute atomic E-state index is 12.4. The molecule has 11 heteroatoms. The van der Waals surface area contributed by atoms with Crippen molar-refractivity contribution in [3.8, 4) is 0 Å². The number of alkyl halides is 3. The van der Waals surface area contributed by atoms with Crippen molar-refractivity contribution in [2.45, 2.75) is 25.6 Å². The molecule has 172 valence electrons. The molecule has 31 heavy (non-hydrogen) atoms. The van der Waals surface area contributed by atoms with E-state index >= 15 is 0 Å². The fourth-order valence-corrected chi connectivity index (χ4v) is 4.22. The van der Waals surface area contributed by atoms with Crippen LogP contribution >= 0.6 is 0 Å². The van der Waals surface area contributed by atoms with Gasteiger partial charge in [0.2, 0.25) is 5.91 Å². The van der Waals surface area contributed by atoms with Gasteiger partial charge in [0.1, 0.15) is 0 Å². The smallest absolute Gasteiger partial charge is 0.475 e. The first-order valence-electron chi connectivity index (χ1n) is 10.2. The van der Waals surface area contributed by atoms with E-state index in [2.05, 4.69) is 16.0 Å². The first-order chi connectivity index (χ1) is 14.7. The number of carbonyl (C=O) groups excluding carboxylic acids is 1. The van der Waals surface area contributed by atoms with E-state index in [0.29, 0.717) is 37.4 Å². The molecule has 1 N–H and O–H groups in total. The van der Waals surface area contributed by atoms with Crippen LogP contribution in [0.2, 0.25) is 0 Å². The Labute approximate surface area is 177 Å². The van der Waals surface area contributed by atoms with Gasteiger partial charge in [-0.1, -0.05) is 6.07 Å². The zero-order valence-electron chi connectivity index (χ0n) is 17.0. The molecule has 0 unspecified atom stereocenters. The van der Waals surface area contributed by atoms with Crippen LogP contribution in [0.4, 0.5) is 13.2 Å². The van der Waals surface area contributed by atoms with Crippen molar-refractivity contribution in [1.29, 1.82) is 0 Å². The number of hydroxylamine groups is 2. The number of rotatable bonds is 4. The molecule has 3 aliphatic heterocycles. The number of carboxylic acids is 1. The highest BCUT2D eigenvalue weighted by molar-refractivity contribution is 5.75. The number of ether oxygens (including phenoxy) is 1. The van der Waals surface area contributed by atoms with Crippen molar-refractivity contribution in [3.05, 3.63) is 30.1 Å². The molecule has 0 spiro atoms. The minimum absolute atomic E-state index is 0.116. The van der Waals surface area contributed by atoms with Crippen LogP contribution < -0.4 is 0 Å². The molecule has 0 radical (unpaired) electrons. The molecule has 4 rings (SSSR count). The predicted octanol–water partition coefficient (Wildman–Crippen LogP) is 1.96. The van der Waals surface area contributed by atoms with Crippen LogP contribution in [-0.4, -0.2) is 77.6 Å². The van der Waals surface area contributed by atoms with E-state index in [4.69, 9.17) is 19.5 Å². The second-order valence-corrected chi connectivity index (χ2v) is 7.93. The molecule has 8 nitrogen and oxygen atoms in total. The summed E-state index contributed by atoms with van der Waals surface area (Å²) in [4.78, 5) is 33.6. The summed E-state index contributed by atoms with van der Waals surface area (Å²) in [5, 5.41) is 8.67. The number of aromatic nitrogens is 1. The largest absolute Gasteiger partial charge is 0.490 e. The van der Waals surface area contributed by atoms with Crippen molar-refractivity contribution in [3.63, 3.8) is 0 Å². The Hall–Kier alpha value is -2.24. The van der Waals surface area contributed by atoms with Crippen molar-refractivity contribution in [2.24, 2.45) is 17.8 Å². The summed E-state index contributed by atoms with van der Waals surface area (Å²) in [6, 6.07) is 6.06. The van der Waals surface area contributed by atoms with Gasteiger partial charge in [0.25, 0.3) is 0 Å². The number of nitrogens with zero attached hydrogens (tertiary/aromatic N) is 3. The van der Waals surface area contributed by atoms with Gasteiger partial charge in [-0.2, -0.15) is 13.2 Å². The molecule has 4 heterocycles. The van der Waals surface area contributed by atoms with E-state index in [9.17, 15) is 18.0 Å². The lowest BCUT2D eigenvalue weighted by Crippen LogP contribution is -2.38. The van der Waals surface area contributed by atoms with Gasteiger partial charge in [-0.05, 0) is 36.3 Å². The minimum Gasteiger partial charge on any atom is -0.475 e. The highest BCUT2D eigenvalue weighted by Gasteiger charge is 2.42. The fraction of sp³-hybridized carbons (Fsp3) is 0.650. The Morgan fingerprint density at radius 2 is 2.00 bits per heavy atom. The highest BCUT2D eigenvalue weighted by Crippen LogP contribution is 2.36. The summed E-state index contributed by atoms with van der Waals surface area (Å²) in [5.74, 6) is -1.28.